The molecule has 1 amide bonds. The van der Waals surface area contributed by atoms with Crippen LogP contribution < -0.4 is 0 Å². The summed E-state index contributed by atoms with van der Waals surface area (Å²) in [5.41, 5.74) is 3.17. The van der Waals surface area contributed by atoms with E-state index >= 15 is 0 Å². The molecule has 0 spiro atoms. The Balaban J connectivity index is 1.67. The number of hydrogen-bond acceptors (Lipinski definition) is 3. The van der Waals surface area contributed by atoms with Crippen LogP contribution in [0.5, 0.6) is 0 Å². The molecule has 2 aliphatic rings. The monoisotopic (exact) mass is 269 g/mol. The van der Waals surface area contributed by atoms with E-state index in [2.05, 4.69) is 24.0 Å². The summed E-state index contributed by atoms with van der Waals surface area (Å²) in [6, 6.07) is 8.48. The molecule has 1 aromatic carbocycles. The molecule has 2 saturated heterocycles. The SMILES string of the molecule is Cc1cc(C#N)ccc1CN1CCN2C(=O)CCC2C1. The first kappa shape index (κ1) is 13.1. The van der Waals surface area contributed by atoms with Gasteiger partial charge in [0.2, 0.25) is 5.91 Å². The molecular formula is C16H19N3O. The first-order valence-corrected chi connectivity index (χ1v) is 7.19. The topological polar surface area (TPSA) is 47.3 Å². The van der Waals surface area contributed by atoms with E-state index in [-0.39, 0.29) is 0 Å². The molecule has 0 saturated carbocycles. The van der Waals surface area contributed by atoms with Gasteiger partial charge >= 0.3 is 0 Å². The lowest BCUT2D eigenvalue weighted by atomic mass is 10.0. The van der Waals surface area contributed by atoms with Crippen molar-refractivity contribution in [3.05, 3.63) is 34.9 Å². The average molecular weight is 269 g/mol. The number of hydrogen-bond donors (Lipinski definition) is 0. The van der Waals surface area contributed by atoms with Gasteiger partial charge in [-0.25, -0.2) is 0 Å². The zero-order valence-electron chi connectivity index (χ0n) is 11.8. The molecule has 0 N–H and O–H groups in total. The summed E-state index contributed by atoms with van der Waals surface area (Å²) in [5.74, 6) is 0.323. The molecule has 1 unspecified atom stereocenters. The number of aryl methyl sites for hydroxylation is 1. The highest BCUT2D eigenvalue weighted by Crippen LogP contribution is 2.24. The fourth-order valence-electron chi connectivity index (χ4n) is 3.26. The molecule has 4 heteroatoms. The van der Waals surface area contributed by atoms with Crippen LogP contribution in [0.4, 0.5) is 0 Å². The summed E-state index contributed by atoms with van der Waals surface area (Å²) in [4.78, 5) is 16.1. The van der Waals surface area contributed by atoms with Crippen molar-refractivity contribution in [2.24, 2.45) is 0 Å². The van der Waals surface area contributed by atoms with Crippen LogP contribution in [0.15, 0.2) is 18.2 Å². The van der Waals surface area contributed by atoms with Gasteiger partial charge in [0.15, 0.2) is 0 Å². The van der Waals surface area contributed by atoms with Crippen LogP contribution in [0, 0.1) is 18.3 Å². The fraction of sp³-hybridized carbons (Fsp3) is 0.500. The molecular weight excluding hydrogens is 250 g/mol. The number of carbonyl (C=O) groups excluding carboxylic acids is 1. The quantitative estimate of drug-likeness (QED) is 0.820. The molecule has 2 fully saturated rings. The normalized spacial score (nSPS) is 22.7. The second-order valence-electron chi connectivity index (χ2n) is 5.77. The van der Waals surface area contributed by atoms with Gasteiger partial charge in [0.05, 0.1) is 11.6 Å². The van der Waals surface area contributed by atoms with E-state index in [1.54, 1.807) is 0 Å². The number of amides is 1. The van der Waals surface area contributed by atoms with E-state index in [4.69, 9.17) is 5.26 Å². The lowest BCUT2D eigenvalue weighted by Crippen LogP contribution is -2.50. The number of carbonyl (C=O) groups is 1. The molecule has 4 nitrogen and oxygen atoms in total. The Morgan fingerprint density at radius 2 is 2.25 bits per heavy atom. The van der Waals surface area contributed by atoms with Crippen molar-refractivity contribution in [2.75, 3.05) is 19.6 Å². The van der Waals surface area contributed by atoms with Gasteiger partial charge in [-0.1, -0.05) is 6.07 Å². The number of benzene rings is 1. The maximum absolute atomic E-state index is 11.7. The van der Waals surface area contributed by atoms with Gasteiger partial charge in [-0.05, 0) is 36.6 Å². The van der Waals surface area contributed by atoms with E-state index < -0.39 is 0 Å². The van der Waals surface area contributed by atoms with Crippen molar-refractivity contribution >= 4 is 5.91 Å². The molecule has 1 aromatic rings. The Kier molecular flexibility index (Phi) is 3.45. The minimum absolute atomic E-state index is 0.323. The summed E-state index contributed by atoms with van der Waals surface area (Å²) < 4.78 is 0. The zero-order valence-corrected chi connectivity index (χ0v) is 11.8. The Morgan fingerprint density at radius 3 is 3.00 bits per heavy atom. The van der Waals surface area contributed by atoms with Gasteiger partial charge in [0.1, 0.15) is 0 Å². The van der Waals surface area contributed by atoms with Crippen LogP contribution in [0.1, 0.15) is 29.5 Å². The molecule has 0 aliphatic carbocycles. The number of piperazine rings is 1. The molecule has 2 heterocycles. The van der Waals surface area contributed by atoms with Gasteiger partial charge in [-0.3, -0.25) is 9.69 Å². The molecule has 1 atom stereocenters. The van der Waals surface area contributed by atoms with Gasteiger partial charge in [0, 0.05) is 38.6 Å². The van der Waals surface area contributed by atoms with Crippen LogP contribution in [-0.4, -0.2) is 41.4 Å². The van der Waals surface area contributed by atoms with Crippen LogP contribution in [0.2, 0.25) is 0 Å². The molecule has 104 valence electrons. The van der Waals surface area contributed by atoms with Crippen LogP contribution in [0.25, 0.3) is 0 Å². The van der Waals surface area contributed by atoms with E-state index in [0.29, 0.717) is 18.4 Å². The molecule has 0 radical (unpaired) electrons. The van der Waals surface area contributed by atoms with E-state index in [1.807, 2.05) is 17.0 Å². The first-order valence-electron chi connectivity index (χ1n) is 7.19. The third-order valence-electron chi connectivity index (χ3n) is 4.44. The Morgan fingerprint density at radius 1 is 1.40 bits per heavy atom. The largest absolute Gasteiger partial charge is 0.337 e. The number of fused-ring (bicyclic) bond motifs is 1. The van der Waals surface area contributed by atoms with Crippen molar-refractivity contribution in [2.45, 2.75) is 32.4 Å². The first-order chi connectivity index (χ1) is 9.67. The van der Waals surface area contributed by atoms with Crippen molar-refractivity contribution < 1.29 is 4.79 Å². The maximum Gasteiger partial charge on any atom is 0.222 e. The molecule has 0 aromatic heterocycles. The summed E-state index contributed by atoms with van der Waals surface area (Å²) >= 11 is 0. The molecule has 20 heavy (non-hydrogen) atoms. The van der Waals surface area contributed by atoms with E-state index in [0.717, 1.165) is 38.2 Å². The third-order valence-corrected chi connectivity index (χ3v) is 4.44. The Bertz CT molecular complexity index is 576. The van der Waals surface area contributed by atoms with Crippen LogP contribution in [-0.2, 0) is 11.3 Å². The average Bonchev–Trinajstić information content (AvgIpc) is 2.82. The minimum atomic E-state index is 0.323. The summed E-state index contributed by atoms with van der Waals surface area (Å²) in [6.07, 6.45) is 1.72. The highest BCUT2D eigenvalue weighted by atomic mass is 16.2. The summed E-state index contributed by atoms with van der Waals surface area (Å²) in [6.45, 7) is 5.76. The predicted octanol–water partition coefficient (Wildman–Crippen LogP) is 1.67. The number of rotatable bonds is 2. The smallest absolute Gasteiger partial charge is 0.222 e. The standard InChI is InChI=1S/C16H19N3O/c1-12-8-13(9-17)2-3-14(12)10-18-6-7-19-15(11-18)4-5-16(19)20/h2-3,8,15H,4-7,10-11H2,1H3. The van der Waals surface area contributed by atoms with Gasteiger partial charge in [0.25, 0.3) is 0 Å². The summed E-state index contributed by atoms with van der Waals surface area (Å²) in [5, 5.41) is 8.90. The van der Waals surface area contributed by atoms with Crippen molar-refractivity contribution in [3.63, 3.8) is 0 Å². The van der Waals surface area contributed by atoms with Crippen molar-refractivity contribution in [3.8, 4) is 6.07 Å². The van der Waals surface area contributed by atoms with Crippen LogP contribution in [0.3, 0.4) is 0 Å². The Labute approximate surface area is 119 Å². The van der Waals surface area contributed by atoms with E-state index in [9.17, 15) is 4.79 Å². The lowest BCUT2D eigenvalue weighted by molar-refractivity contribution is -0.130. The second-order valence-corrected chi connectivity index (χ2v) is 5.77. The predicted molar refractivity (Wildman–Crippen MR) is 75.9 cm³/mol. The zero-order chi connectivity index (χ0) is 14.1. The number of nitriles is 1. The summed E-state index contributed by atoms with van der Waals surface area (Å²) in [7, 11) is 0. The molecule has 0 bridgehead atoms. The fourth-order valence-corrected chi connectivity index (χ4v) is 3.26. The third kappa shape index (κ3) is 2.41. The second kappa shape index (κ2) is 5.26. The molecule has 3 rings (SSSR count). The van der Waals surface area contributed by atoms with E-state index in [1.165, 1.54) is 11.1 Å². The van der Waals surface area contributed by atoms with Gasteiger partial charge in [-0.15, -0.1) is 0 Å². The Hall–Kier alpha value is -1.86. The van der Waals surface area contributed by atoms with Gasteiger partial charge < -0.3 is 4.90 Å². The van der Waals surface area contributed by atoms with Gasteiger partial charge in [-0.2, -0.15) is 5.26 Å². The maximum atomic E-state index is 11.7. The molecule has 2 aliphatic heterocycles. The van der Waals surface area contributed by atoms with Crippen molar-refractivity contribution in [1.29, 1.82) is 5.26 Å². The highest BCUT2D eigenvalue weighted by Gasteiger charge is 2.35. The van der Waals surface area contributed by atoms with Crippen molar-refractivity contribution in [1.82, 2.24) is 9.80 Å². The lowest BCUT2D eigenvalue weighted by Gasteiger charge is -2.37. The minimum Gasteiger partial charge on any atom is -0.337 e. The van der Waals surface area contributed by atoms with Crippen LogP contribution >= 0.6 is 0 Å². The highest BCUT2D eigenvalue weighted by molar-refractivity contribution is 5.78. The number of nitrogens with zero attached hydrogens (tertiary/aromatic N) is 3.